The molecule has 0 spiro atoms. The molecule has 4 aromatic rings. The fourth-order valence-corrected chi connectivity index (χ4v) is 4.64. The zero-order chi connectivity index (χ0) is 24.9. The van der Waals surface area contributed by atoms with Crippen LogP contribution in [0.15, 0.2) is 30.3 Å². The van der Waals surface area contributed by atoms with Crippen LogP contribution in [-0.4, -0.2) is 37.6 Å². The maximum Gasteiger partial charge on any atom is 0.257 e. The minimum atomic E-state index is -0.773. The zero-order valence-corrected chi connectivity index (χ0v) is 19.9. The van der Waals surface area contributed by atoms with Gasteiger partial charge in [-0.05, 0) is 69.5 Å². The summed E-state index contributed by atoms with van der Waals surface area (Å²) in [5.74, 6) is 6.61. The average Bonchev–Trinajstić information content (AvgIpc) is 3.16. The number of carbonyl (C=O) groups excluding carboxylic acids is 1. The molecule has 5 rings (SSSR count). The number of anilines is 2. The molecule has 35 heavy (non-hydrogen) atoms. The van der Waals surface area contributed by atoms with E-state index in [0.717, 1.165) is 17.5 Å². The molecule has 0 saturated heterocycles. The number of carbonyl (C=O) groups is 1. The average molecular weight is 475 g/mol. The Morgan fingerprint density at radius 1 is 1.14 bits per heavy atom. The molecular weight excluding hydrogens is 450 g/mol. The first-order valence-electron chi connectivity index (χ1n) is 11.4. The van der Waals surface area contributed by atoms with Crippen molar-refractivity contribution in [3.63, 3.8) is 0 Å². The van der Waals surface area contributed by atoms with E-state index < -0.39 is 17.2 Å². The van der Waals surface area contributed by atoms with Crippen LogP contribution in [0.5, 0.6) is 0 Å². The van der Waals surface area contributed by atoms with Gasteiger partial charge in [-0.1, -0.05) is 11.8 Å². The molecule has 2 aromatic carbocycles. The number of rotatable bonds is 2. The predicted molar refractivity (Wildman–Crippen MR) is 129 cm³/mol. The van der Waals surface area contributed by atoms with Gasteiger partial charge in [-0.15, -0.1) is 10.2 Å². The van der Waals surface area contributed by atoms with Crippen molar-refractivity contribution in [3.8, 4) is 11.8 Å². The summed E-state index contributed by atoms with van der Waals surface area (Å²) in [6, 6.07) is 7.37. The monoisotopic (exact) mass is 474 g/mol. The van der Waals surface area contributed by atoms with Crippen LogP contribution in [0.4, 0.5) is 20.3 Å². The lowest BCUT2D eigenvalue weighted by molar-refractivity contribution is -0.119. The number of nitrogens with one attached hydrogen (secondary N) is 1. The predicted octanol–water partition coefficient (Wildman–Crippen LogP) is 4.21. The quantitative estimate of drug-likeness (QED) is 0.441. The SMILES string of the molecule is CC(=O)NC(C)(C)C#Cc1cc(F)cc2c1CCCN2c1nc2nnc(C)n2c2ccc(F)cc12. The molecule has 1 aliphatic rings. The van der Waals surface area contributed by atoms with Crippen LogP contribution in [0.25, 0.3) is 16.7 Å². The Labute approximate surface area is 201 Å². The lowest BCUT2D eigenvalue weighted by Crippen LogP contribution is -2.40. The molecule has 9 heteroatoms. The van der Waals surface area contributed by atoms with Crippen molar-refractivity contribution in [1.82, 2.24) is 24.9 Å². The van der Waals surface area contributed by atoms with Gasteiger partial charge in [0.05, 0.1) is 11.1 Å². The Hall–Kier alpha value is -4.06. The summed E-state index contributed by atoms with van der Waals surface area (Å²) >= 11 is 0. The number of fused-ring (bicyclic) bond motifs is 4. The van der Waals surface area contributed by atoms with E-state index >= 15 is 0 Å². The molecule has 7 nitrogen and oxygen atoms in total. The maximum atomic E-state index is 14.8. The summed E-state index contributed by atoms with van der Waals surface area (Å²) in [6.45, 7) is 7.39. The van der Waals surface area contributed by atoms with E-state index in [1.165, 1.54) is 31.2 Å². The van der Waals surface area contributed by atoms with Crippen molar-refractivity contribution in [2.45, 2.75) is 46.1 Å². The van der Waals surface area contributed by atoms with Gasteiger partial charge in [0.15, 0.2) is 0 Å². The summed E-state index contributed by atoms with van der Waals surface area (Å²) in [7, 11) is 0. The molecule has 1 N–H and O–H groups in total. The highest BCUT2D eigenvalue weighted by molar-refractivity contribution is 5.94. The summed E-state index contributed by atoms with van der Waals surface area (Å²) < 4.78 is 31.0. The molecule has 2 aromatic heterocycles. The van der Waals surface area contributed by atoms with E-state index in [2.05, 4.69) is 27.4 Å². The minimum Gasteiger partial charge on any atom is -0.341 e. The number of hydrogen-bond acceptors (Lipinski definition) is 5. The van der Waals surface area contributed by atoms with E-state index in [0.29, 0.717) is 47.0 Å². The minimum absolute atomic E-state index is 0.193. The fraction of sp³-hybridized carbons (Fsp3) is 0.308. The van der Waals surface area contributed by atoms with E-state index in [1.807, 2.05) is 11.8 Å². The van der Waals surface area contributed by atoms with Crippen LogP contribution in [0, 0.1) is 30.4 Å². The molecule has 3 heterocycles. The topological polar surface area (TPSA) is 75.4 Å². The zero-order valence-electron chi connectivity index (χ0n) is 19.9. The smallest absolute Gasteiger partial charge is 0.257 e. The van der Waals surface area contributed by atoms with Crippen molar-refractivity contribution in [1.29, 1.82) is 0 Å². The Morgan fingerprint density at radius 3 is 2.71 bits per heavy atom. The lowest BCUT2D eigenvalue weighted by Gasteiger charge is -2.32. The van der Waals surface area contributed by atoms with Gasteiger partial charge in [0.25, 0.3) is 5.78 Å². The molecule has 0 bridgehead atoms. The van der Waals surface area contributed by atoms with E-state index in [9.17, 15) is 13.6 Å². The van der Waals surface area contributed by atoms with E-state index in [4.69, 9.17) is 4.98 Å². The Balaban J connectivity index is 1.70. The number of aromatic nitrogens is 4. The normalized spacial score (nSPS) is 13.5. The molecule has 0 fully saturated rings. The van der Waals surface area contributed by atoms with E-state index in [-0.39, 0.29) is 5.91 Å². The van der Waals surface area contributed by atoms with Gasteiger partial charge < -0.3 is 10.2 Å². The number of halogens is 2. The Kier molecular flexibility index (Phi) is 5.39. The molecule has 1 aliphatic heterocycles. The van der Waals surface area contributed by atoms with E-state index in [1.54, 1.807) is 24.3 Å². The highest BCUT2D eigenvalue weighted by atomic mass is 19.1. The number of benzene rings is 2. The molecule has 0 unspecified atom stereocenters. The third kappa shape index (κ3) is 4.16. The van der Waals surface area contributed by atoms with Crippen molar-refractivity contribution >= 4 is 34.1 Å². The number of aryl methyl sites for hydroxylation is 1. The van der Waals surface area contributed by atoms with Crippen LogP contribution >= 0.6 is 0 Å². The van der Waals surface area contributed by atoms with Gasteiger partial charge in [0.2, 0.25) is 5.91 Å². The molecule has 0 atom stereocenters. The molecule has 178 valence electrons. The molecule has 0 saturated carbocycles. The second-order valence-electron chi connectivity index (χ2n) is 9.24. The number of hydrogen-bond donors (Lipinski definition) is 1. The highest BCUT2D eigenvalue weighted by Gasteiger charge is 2.26. The number of amides is 1. The van der Waals surface area contributed by atoms with Gasteiger partial charge in [0.1, 0.15) is 23.3 Å². The van der Waals surface area contributed by atoms with Crippen molar-refractivity contribution in [3.05, 3.63) is 58.9 Å². The van der Waals surface area contributed by atoms with Crippen molar-refractivity contribution in [2.75, 3.05) is 11.4 Å². The van der Waals surface area contributed by atoms with Gasteiger partial charge in [-0.25, -0.2) is 8.78 Å². The first-order chi connectivity index (χ1) is 16.6. The summed E-state index contributed by atoms with van der Waals surface area (Å²) in [5, 5.41) is 11.7. The fourth-order valence-electron chi connectivity index (χ4n) is 4.64. The van der Waals surface area contributed by atoms with Gasteiger partial charge in [0, 0.05) is 30.1 Å². The second kappa shape index (κ2) is 8.31. The van der Waals surface area contributed by atoms with Crippen LogP contribution < -0.4 is 10.2 Å². The highest BCUT2D eigenvalue weighted by Crippen LogP contribution is 2.38. The third-order valence-electron chi connectivity index (χ3n) is 6.00. The largest absolute Gasteiger partial charge is 0.341 e. The van der Waals surface area contributed by atoms with Gasteiger partial charge in [-0.3, -0.25) is 9.20 Å². The number of nitrogens with zero attached hydrogens (tertiary/aromatic N) is 5. The molecule has 1 amide bonds. The van der Waals surface area contributed by atoms with Gasteiger partial charge in [-0.2, -0.15) is 4.98 Å². The van der Waals surface area contributed by atoms with Crippen molar-refractivity contribution < 1.29 is 13.6 Å². The first kappa shape index (κ1) is 22.7. The summed E-state index contributed by atoms with van der Waals surface area (Å²) in [5.41, 5.74) is 2.02. The summed E-state index contributed by atoms with van der Waals surface area (Å²) in [6.07, 6.45) is 1.48. The van der Waals surface area contributed by atoms with Crippen LogP contribution in [0.2, 0.25) is 0 Å². The van der Waals surface area contributed by atoms with Crippen molar-refractivity contribution in [2.24, 2.45) is 0 Å². The molecular formula is C26H24F2N6O. The summed E-state index contributed by atoms with van der Waals surface area (Å²) in [4.78, 5) is 18.1. The van der Waals surface area contributed by atoms with Gasteiger partial charge >= 0.3 is 0 Å². The molecule has 0 aliphatic carbocycles. The first-order valence-corrected chi connectivity index (χ1v) is 11.4. The second-order valence-corrected chi connectivity index (χ2v) is 9.24. The Morgan fingerprint density at radius 2 is 1.94 bits per heavy atom. The maximum absolute atomic E-state index is 14.8. The third-order valence-corrected chi connectivity index (χ3v) is 6.00. The molecule has 0 radical (unpaired) electrons. The van der Waals surface area contributed by atoms with Crippen LogP contribution in [0.3, 0.4) is 0 Å². The standard InChI is InChI=1S/C26H24F2N6O/c1-15-31-32-25-29-24(21-13-18(27)7-8-22(21)34(15)25)33-11-5-6-20-17(12-19(28)14-23(20)33)9-10-26(3,4)30-16(2)35/h7-8,12-14H,5-6,11H2,1-4H3,(H,30,35). The lowest BCUT2D eigenvalue weighted by atomic mass is 9.95. The van der Waals surface area contributed by atoms with Crippen LogP contribution in [-0.2, 0) is 11.2 Å². The van der Waals surface area contributed by atoms with Crippen LogP contribution in [0.1, 0.15) is 44.1 Å². The Bertz CT molecular complexity index is 1560.